The average molecular weight is 318 g/mol. The maximum atomic E-state index is 5.83. The summed E-state index contributed by atoms with van der Waals surface area (Å²) in [4.78, 5) is 7.95. The molecule has 4 nitrogen and oxygen atoms in total. The Balaban J connectivity index is 1.87. The van der Waals surface area contributed by atoms with E-state index in [9.17, 15) is 0 Å². The van der Waals surface area contributed by atoms with Crippen LogP contribution in [0.5, 0.6) is 0 Å². The minimum atomic E-state index is 0.0529. The quantitative estimate of drug-likeness (QED) is 0.788. The third-order valence-electron chi connectivity index (χ3n) is 2.87. The molecule has 5 heteroatoms. The molecule has 96 valence electrons. The maximum absolute atomic E-state index is 5.83. The second-order valence-electron chi connectivity index (χ2n) is 4.32. The normalized spacial score (nSPS) is 12.5. The van der Waals surface area contributed by atoms with Crippen LogP contribution in [0, 0.1) is 0 Å². The highest BCUT2D eigenvalue weighted by molar-refractivity contribution is 9.10. The van der Waals surface area contributed by atoms with E-state index in [0.717, 1.165) is 26.9 Å². The van der Waals surface area contributed by atoms with Gasteiger partial charge in [-0.05, 0) is 31.2 Å². The molecular weight excluding hydrogens is 306 g/mol. The first-order valence-electron chi connectivity index (χ1n) is 5.93. The van der Waals surface area contributed by atoms with Gasteiger partial charge in [0.15, 0.2) is 0 Å². The molecule has 0 saturated carbocycles. The summed E-state index contributed by atoms with van der Waals surface area (Å²) in [6.07, 6.45) is 4.99. The van der Waals surface area contributed by atoms with Gasteiger partial charge in [-0.1, -0.05) is 15.9 Å². The molecule has 0 radical (unpaired) electrons. The van der Waals surface area contributed by atoms with Gasteiger partial charge in [-0.2, -0.15) is 0 Å². The minimum Gasteiger partial charge on any atom is -0.459 e. The number of rotatable bonds is 3. The van der Waals surface area contributed by atoms with Gasteiger partial charge in [0.2, 0.25) is 0 Å². The van der Waals surface area contributed by atoms with Gasteiger partial charge in [0.05, 0.1) is 24.1 Å². The SMILES string of the molecule is CC(Nc1cncnc1)c1cc2cc(Br)ccc2o1. The van der Waals surface area contributed by atoms with Crippen molar-refractivity contribution < 1.29 is 4.42 Å². The number of fused-ring (bicyclic) bond motifs is 1. The highest BCUT2D eigenvalue weighted by Crippen LogP contribution is 2.27. The summed E-state index contributed by atoms with van der Waals surface area (Å²) in [5, 5.41) is 4.39. The van der Waals surface area contributed by atoms with Crippen LogP contribution in [0.15, 0.2) is 51.9 Å². The summed E-state index contributed by atoms with van der Waals surface area (Å²) >= 11 is 3.46. The third-order valence-corrected chi connectivity index (χ3v) is 3.36. The summed E-state index contributed by atoms with van der Waals surface area (Å²) in [6.45, 7) is 2.04. The Morgan fingerprint density at radius 2 is 2.00 bits per heavy atom. The number of anilines is 1. The lowest BCUT2D eigenvalue weighted by Gasteiger charge is -2.11. The molecule has 0 aliphatic carbocycles. The number of hydrogen-bond acceptors (Lipinski definition) is 4. The number of aromatic nitrogens is 2. The number of nitrogens with zero attached hydrogens (tertiary/aromatic N) is 2. The molecular formula is C14H12BrN3O. The summed E-state index contributed by atoms with van der Waals surface area (Å²) < 4.78 is 6.88. The fourth-order valence-electron chi connectivity index (χ4n) is 1.94. The molecule has 0 aliphatic heterocycles. The van der Waals surface area contributed by atoms with Crippen LogP contribution in [0.4, 0.5) is 5.69 Å². The largest absolute Gasteiger partial charge is 0.459 e. The summed E-state index contributed by atoms with van der Waals surface area (Å²) in [5.41, 5.74) is 1.76. The molecule has 3 aromatic rings. The van der Waals surface area contributed by atoms with Crippen molar-refractivity contribution in [1.29, 1.82) is 0 Å². The van der Waals surface area contributed by atoms with Crippen molar-refractivity contribution in [2.75, 3.05) is 5.32 Å². The van der Waals surface area contributed by atoms with E-state index in [-0.39, 0.29) is 6.04 Å². The second kappa shape index (κ2) is 5.01. The fraction of sp³-hybridized carbons (Fsp3) is 0.143. The summed E-state index contributed by atoms with van der Waals surface area (Å²) in [5.74, 6) is 0.886. The van der Waals surface area contributed by atoms with E-state index in [0.29, 0.717) is 0 Å². The van der Waals surface area contributed by atoms with Crippen molar-refractivity contribution in [1.82, 2.24) is 9.97 Å². The van der Waals surface area contributed by atoms with Crippen molar-refractivity contribution in [3.05, 3.63) is 53.2 Å². The second-order valence-corrected chi connectivity index (χ2v) is 5.24. The molecule has 2 heterocycles. The molecule has 19 heavy (non-hydrogen) atoms. The first-order chi connectivity index (χ1) is 9.22. The molecule has 3 rings (SSSR count). The zero-order valence-corrected chi connectivity index (χ0v) is 11.9. The molecule has 0 amide bonds. The zero-order chi connectivity index (χ0) is 13.2. The predicted octanol–water partition coefficient (Wildman–Crippen LogP) is 4.16. The lowest BCUT2D eigenvalue weighted by atomic mass is 10.2. The average Bonchev–Trinajstić information content (AvgIpc) is 2.83. The smallest absolute Gasteiger partial charge is 0.134 e. The highest BCUT2D eigenvalue weighted by atomic mass is 79.9. The van der Waals surface area contributed by atoms with E-state index in [1.54, 1.807) is 12.4 Å². The topological polar surface area (TPSA) is 51.0 Å². The van der Waals surface area contributed by atoms with Crippen molar-refractivity contribution in [2.45, 2.75) is 13.0 Å². The lowest BCUT2D eigenvalue weighted by molar-refractivity contribution is 0.526. The molecule has 0 saturated heterocycles. The van der Waals surface area contributed by atoms with E-state index in [2.05, 4.69) is 31.2 Å². The standard InChI is InChI=1S/C14H12BrN3O/c1-9(18-12-6-16-8-17-7-12)14-5-10-4-11(15)2-3-13(10)19-14/h2-9,18H,1H3. The van der Waals surface area contributed by atoms with E-state index < -0.39 is 0 Å². The molecule has 1 unspecified atom stereocenters. The van der Waals surface area contributed by atoms with Gasteiger partial charge in [0, 0.05) is 9.86 Å². The molecule has 0 bridgehead atoms. The maximum Gasteiger partial charge on any atom is 0.134 e. The van der Waals surface area contributed by atoms with Crippen molar-refractivity contribution in [3.63, 3.8) is 0 Å². The van der Waals surface area contributed by atoms with Gasteiger partial charge < -0.3 is 9.73 Å². The fourth-order valence-corrected chi connectivity index (χ4v) is 2.32. The van der Waals surface area contributed by atoms with Crippen LogP contribution < -0.4 is 5.32 Å². The molecule has 0 spiro atoms. The van der Waals surface area contributed by atoms with Gasteiger partial charge in [0.1, 0.15) is 17.7 Å². The minimum absolute atomic E-state index is 0.0529. The number of benzene rings is 1. The Morgan fingerprint density at radius 1 is 1.21 bits per heavy atom. The van der Waals surface area contributed by atoms with E-state index >= 15 is 0 Å². The lowest BCUT2D eigenvalue weighted by Crippen LogP contribution is -2.05. The summed E-state index contributed by atoms with van der Waals surface area (Å²) in [7, 11) is 0. The number of halogens is 1. The van der Waals surface area contributed by atoms with Crippen LogP contribution in [-0.2, 0) is 0 Å². The Hall–Kier alpha value is -1.88. The van der Waals surface area contributed by atoms with Gasteiger partial charge >= 0.3 is 0 Å². The summed E-state index contributed by atoms with van der Waals surface area (Å²) in [6, 6.07) is 8.07. The monoisotopic (exact) mass is 317 g/mol. The molecule has 2 aromatic heterocycles. The van der Waals surface area contributed by atoms with E-state index in [1.165, 1.54) is 6.33 Å². The van der Waals surface area contributed by atoms with Crippen molar-refractivity contribution in [3.8, 4) is 0 Å². The Morgan fingerprint density at radius 3 is 2.79 bits per heavy atom. The third kappa shape index (κ3) is 2.61. The number of hydrogen-bond donors (Lipinski definition) is 1. The highest BCUT2D eigenvalue weighted by Gasteiger charge is 2.11. The van der Waals surface area contributed by atoms with Gasteiger partial charge in [0.25, 0.3) is 0 Å². The Kier molecular flexibility index (Phi) is 3.21. The first kappa shape index (κ1) is 12.2. The van der Waals surface area contributed by atoms with Crippen LogP contribution in [0.1, 0.15) is 18.7 Å². The molecule has 1 N–H and O–H groups in total. The predicted molar refractivity (Wildman–Crippen MR) is 78.0 cm³/mol. The number of nitrogens with one attached hydrogen (secondary N) is 1. The molecule has 0 fully saturated rings. The van der Waals surface area contributed by atoms with Crippen LogP contribution >= 0.6 is 15.9 Å². The zero-order valence-electron chi connectivity index (χ0n) is 10.3. The van der Waals surface area contributed by atoms with Crippen molar-refractivity contribution >= 4 is 32.6 Å². The van der Waals surface area contributed by atoms with Gasteiger partial charge in [-0.3, -0.25) is 0 Å². The van der Waals surface area contributed by atoms with Crippen molar-refractivity contribution in [2.24, 2.45) is 0 Å². The van der Waals surface area contributed by atoms with Crippen LogP contribution in [0.25, 0.3) is 11.0 Å². The Labute approximate surface area is 119 Å². The molecule has 1 aromatic carbocycles. The first-order valence-corrected chi connectivity index (χ1v) is 6.72. The molecule has 0 aliphatic rings. The molecule has 1 atom stereocenters. The van der Waals surface area contributed by atoms with Crippen LogP contribution in [-0.4, -0.2) is 9.97 Å². The Bertz CT molecular complexity index is 696. The van der Waals surface area contributed by atoms with Crippen LogP contribution in [0.2, 0.25) is 0 Å². The van der Waals surface area contributed by atoms with Crippen LogP contribution in [0.3, 0.4) is 0 Å². The number of furan rings is 1. The van der Waals surface area contributed by atoms with E-state index in [4.69, 9.17) is 4.42 Å². The van der Waals surface area contributed by atoms with E-state index in [1.807, 2.05) is 31.2 Å². The van der Waals surface area contributed by atoms with Gasteiger partial charge in [-0.25, -0.2) is 9.97 Å². The van der Waals surface area contributed by atoms with Gasteiger partial charge in [-0.15, -0.1) is 0 Å².